The Bertz CT molecular complexity index is 476. The van der Waals surface area contributed by atoms with Gasteiger partial charge in [0.2, 0.25) is 0 Å². The Balaban J connectivity index is 2.24. The van der Waals surface area contributed by atoms with Crippen LogP contribution in [-0.2, 0) is 4.79 Å². The highest BCUT2D eigenvalue weighted by atomic mass is 79.9. The number of rotatable bonds is 3. The standard InChI is InChI=1S/C13H16BrFN2O2/c1-16-4-6-17(7-5-16)12(13(18)19)9-2-3-10(14)11(15)8-9/h2-3,8,12H,4-7H2,1H3,(H,18,19). The van der Waals surface area contributed by atoms with E-state index in [2.05, 4.69) is 20.8 Å². The summed E-state index contributed by atoms with van der Waals surface area (Å²) in [4.78, 5) is 15.5. The van der Waals surface area contributed by atoms with Crippen LogP contribution in [0.1, 0.15) is 11.6 Å². The fourth-order valence-electron chi connectivity index (χ4n) is 2.27. The number of carboxylic acids is 1. The average Bonchev–Trinajstić information content (AvgIpc) is 2.36. The van der Waals surface area contributed by atoms with Crippen LogP contribution in [0.2, 0.25) is 0 Å². The maximum Gasteiger partial charge on any atom is 0.325 e. The van der Waals surface area contributed by atoms with Crippen LogP contribution in [0.5, 0.6) is 0 Å². The molecule has 19 heavy (non-hydrogen) atoms. The molecule has 1 unspecified atom stereocenters. The van der Waals surface area contributed by atoms with Crippen molar-refractivity contribution in [3.05, 3.63) is 34.1 Å². The number of piperazine rings is 1. The molecule has 0 radical (unpaired) electrons. The Kier molecular flexibility index (Phi) is 4.54. The molecule has 6 heteroatoms. The Morgan fingerprint density at radius 1 is 1.37 bits per heavy atom. The van der Waals surface area contributed by atoms with Crippen molar-refractivity contribution in [3.63, 3.8) is 0 Å². The third-order valence-corrected chi connectivity index (χ3v) is 4.04. The third kappa shape index (κ3) is 3.32. The van der Waals surface area contributed by atoms with Crippen molar-refractivity contribution in [3.8, 4) is 0 Å². The Labute approximate surface area is 119 Å². The van der Waals surface area contributed by atoms with Gasteiger partial charge in [-0.15, -0.1) is 0 Å². The van der Waals surface area contributed by atoms with Gasteiger partial charge in [0.15, 0.2) is 0 Å². The molecule has 2 rings (SSSR count). The van der Waals surface area contributed by atoms with Gasteiger partial charge >= 0.3 is 5.97 Å². The van der Waals surface area contributed by atoms with E-state index in [1.807, 2.05) is 11.9 Å². The van der Waals surface area contributed by atoms with Crippen LogP contribution < -0.4 is 0 Å². The maximum absolute atomic E-state index is 13.6. The highest BCUT2D eigenvalue weighted by molar-refractivity contribution is 9.10. The first kappa shape index (κ1) is 14.4. The monoisotopic (exact) mass is 330 g/mol. The summed E-state index contributed by atoms with van der Waals surface area (Å²) in [5.41, 5.74) is 0.484. The second kappa shape index (κ2) is 5.98. The third-order valence-electron chi connectivity index (χ3n) is 3.40. The first-order valence-corrected chi connectivity index (χ1v) is 6.88. The Hall–Kier alpha value is -0.980. The molecule has 0 saturated carbocycles. The molecule has 1 saturated heterocycles. The summed E-state index contributed by atoms with van der Waals surface area (Å²) < 4.78 is 13.9. The molecule has 1 aromatic rings. The van der Waals surface area contributed by atoms with Gasteiger partial charge in [-0.1, -0.05) is 6.07 Å². The van der Waals surface area contributed by atoms with Crippen LogP contribution in [0.15, 0.2) is 22.7 Å². The van der Waals surface area contributed by atoms with Crippen LogP contribution in [0.4, 0.5) is 4.39 Å². The zero-order valence-corrected chi connectivity index (χ0v) is 12.2. The highest BCUT2D eigenvalue weighted by Crippen LogP contribution is 2.26. The number of hydrogen-bond acceptors (Lipinski definition) is 3. The lowest BCUT2D eigenvalue weighted by molar-refractivity contribution is -0.144. The number of hydrogen-bond donors (Lipinski definition) is 1. The molecule has 4 nitrogen and oxygen atoms in total. The van der Waals surface area contributed by atoms with Crippen molar-refractivity contribution in [2.24, 2.45) is 0 Å². The summed E-state index contributed by atoms with van der Waals surface area (Å²) in [7, 11) is 2.01. The van der Waals surface area contributed by atoms with Crippen LogP contribution in [-0.4, -0.2) is 54.1 Å². The molecule has 1 aromatic carbocycles. The number of likely N-dealkylation sites (N-methyl/N-ethyl adjacent to an activating group) is 1. The first-order chi connectivity index (χ1) is 8.99. The topological polar surface area (TPSA) is 43.8 Å². The lowest BCUT2D eigenvalue weighted by atomic mass is 10.0. The van der Waals surface area contributed by atoms with Crippen molar-refractivity contribution in [2.75, 3.05) is 33.2 Å². The van der Waals surface area contributed by atoms with Gasteiger partial charge in [0.1, 0.15) is 11.9 Å². The van der Waals surface area contributed by atoms with Gasteiger partial charge in [0.05, 0.1) is 4.47 Å². The zero-order chi connectivity index (χ0) is 14.0. The summed E-state index contributed by atoms with van der Waals surface area (Å²) in [6.07, 6.45) is 0. The molecule has 1 atom stereocenters. The summed E-state index contributed by atoms with van der Waals surface area (Å²) in [5, 5.41) is 9.42. The van der Waals surface area contributed by atoms with E-state index in [9.17, 15) is 14.3 Å². The van der Waals surface area contributed by atoms with E-state index in [4.69, 9.17) is 0 Å². The number of aliphatic carboxylic acids is 1. The number of carbonyl (C=O) groups is 1. The van der Waals surface area contributed by atoms with E-state index in [-0.39, 0.29) is 0 Å². The number of halogens is 2. The molecule has 0 bridgehead atoms. The quantitative estimate of drug-likeness (QED) is 0.920. The van der Waals surface area contributed by atoms with Gasteiger partial charge in [-0.25, -0.2) is 4.39 Å². The summed E-state index contributed by atoms with van der Waals surface area (Å²) in [6, 6.07) is 3.72. The molecule has 1 aliphatic heterocycles. The smallest absolute Gasteiger partial charge is 0.325 e. The Morgan fingerprint density at radius 3 is 2.53 bits per heavy atom. The second-order valence-corrected chi connectivity index (χ2v) is 5.61. The Morgan fingerprint density at radius 2 is 2.00 bits per heavy atom. The molecule has 0 aromatic heterocycles. The molecule has 1 N–H and O–H groups in total. The van der Waals surface area contributed by atoms with Gasteiger partial charge in [0.25, 0.3) is 0 Å². The minimum Gasteiger partial charge on any atom is -0.480 e. The first-order valence-electron chi connectivity index (χ1n) is 6.09. The molecular weight excluding hydrogens is 315 g/mol. The van der Waals surface area contributed by atoms with E-state index in [1.54, 1.807) is 12.1 Å². The van der Waals surface area contributed by atoms with Gasteiger partial charge in [-0.3, -0.25) is 9.69 Å². The van der Waals surface area contributed by atoms with Crippen LogP contribution in [0.25, 0.3) is 0 Å². The predicted molar refractivity (Wildman–Crippen MR) is 73.5 cm³/mol. The van der Waals surface area contributed by atoms with Crippen LogP contribution in [0.3, 0.4) is 0 Å². The predicted octanol–water partition coefficient (Wildman–Crippen LogP) is 1.96. The largest absolute Gasteiger partial charge is 0.480 e. The molecule has 0 amide bonds. The van der Waals surface area contributed by atoms with E-state index in [0.717, 1.165) is 13.1 Å². The van der Waals surface area contributed by atoms with Gasteiger partial charge in [-0.05, 0) is 40.7 Å². The minimum absolute atomic E-state index is 0.346. The molecule has 0 spiro atoms. The number of nitrogens with zero attached hydrogens (tertiary/aromatic N) is 2. The normalized spacial score (nSPS) is 19.3. The molecule has 1 heterocycles. The fraction of sp³-hybridized carbons (Fsp3) is 0.462. The lowest BCUT2D eigenvalue weighted by Gasteiger charge is -2.36. The van der Waals surface area contributed by atoms with Crippen molar-refractivity contribution >= 4 is 21.9 Å². The van der Waals surface area contributed by atoms with E-state index in [1.165, 1.54) is 6.07 Å². The van der Waals surface area contributed by atoms with Gasteiger partial charge < -0.3 is 10.0 Å². The average molecular weight is 331 g/mol. The summed E-state index contributed by atoms with van der Waals surface area (Å²) in [6.45, 7) is 2.99. The molecular formula is C13H16BrFN2O2. The number of carboxylic acid groups (broad SMARTS) is 1. The molecule has 1 fully saturated rings. The zero-order valence-electron chi connectivity index (χ0n) is 10.6. The van der Waals surface area contributed by atoms with Crippen molar-refractivity contribution < 1.29 is 14.3 Å². The second-order valence-electron chi connectivity index (χ2n) is 4.75. The SMILES string of the molecule is CN1CCN(C(C(=O)O)c2ccc(Br)c(F)c2)CC1. The highest BCUT2D eigenvalue weighted by Gasteiger charge is 2.29. The molecule has 104 valence electrons. The molecule has 0 aliphatic carbocycles. The molecule has 1 aliphatic rings. The van der Waals surface area contributed by atoms with Crippen LogP contribution >= 0.6 is 15.9 Å². The van der Waals surface area contributed by atoms with E-state index < -0.39 is 17.8 Å². The van der Waals surface area contributed by atoms with Crippen LogP contribution in [0, 0.1) is 5.82 Å². The minimum atomic E-state index is -0.939. The van der Waals surface area contributed by atoms with Crippen molar-refractivity contribution in [1.82, 2.24) is 9.80 Å². The van der Waals surface area contributed by atoms with Crippen molar-refractivity contribution in [2.45, 2.75) is 6.04 Å². The fourth-order valence-corrected chi connectivity index (χ4v) is 2.52. The van der Waals surface area contributed by atoms with Gasteiger partial charge in [-0.2, -0.15) is 0 Å². The maximum atomic E-state index is 13.6. The number of benzene rings is 1. The summed E-state index contributed by atoms with van der Waals surface area (Å²) in [5.74, 6) is -1.37. The van der Waals surface area contributed by atoms with E-state index >= 15 is 0 Å². The van der Waals surface area contributed by atoms with Gasteiger partial charge in [0, 0.05) is 26.2 Å². The van der Waals surface area contributed by atoms with Crippen molar-refractivity contribution in [1.29, 1.82) is 0 Å². The van der Waals surface area contributed by atoms with E-state index in [0.29, 0.717) is 23.1 Å². The summed E-state index contributed by atoms with van der Waals surface area (Å²) >= 11 is 3.08. The lowest BCUT2D eigenvalue weighted by Crippen LogP contribution is -2.47.